The van der Waals surface area contributed by atoms with Crippen molar-refractivity contribution in [2.45, 2.75) is 90.4 Å². The van der Waals surface area contributed by atoms with Gasteiger partial charge in [0.2, 0.25) is 0 Å². The molecule has 1 N–H and O–H groups in total. The van der Waals surface area contributed by atoms with Gasteiger partial charge < -0.3 is 19.3 Å². The molecule has 0 saturated heterocycles. The summed E-state index contributed by atoms with van der Waals surface area (Å²) in [6.45, 7) is 11.4. The summed E-state index contributed by atoms with van der Waals surface area (Å²) >= 11 is 0. The largest absolute Gasteiger partial charge is 0.493 e. The zero-order valence-corrected chi connectivity index (χ0v) is 18.8. The van der Waals surface area contributed by atoms with Gasteiger partial charge in [0.1, 0.15) is 18.0 Å². The van der Waals surface area contributed by atoms with E-state index in [4.69, 9.17) is 14.2 Å². The Labute approximate surface area is 177 Å². The molecular weight excluding hydrogens is 384 g/mol. The van der Waals surface area contributed by atoms with Crippen LogP contribution in [0.15, 0.2) is 6.07 Å². The zero-order chi connectivity index (χ0) is 22.1. The summed E-state index contributed by atoms with van der Waals surface area (Å²) in [6.07, 6.45) is 1.24. The van der Waals surface area contributed by atoms with E-state index in [1.807, 2.05) is 26.8 Å². The van der Waals surface area contributed by atoms with Gasteiger partial charge in [0.15, 0.2) is 0 Å². The molecule has 0 spiro atoms. The predicted octanol–water partition coefficient (Wildman–Crippen LogP) is 3.16. The maximum Gasteiger partial charge on any atom is 0.302 e. The predicted molar refractivity (Wildman–Crippen MR) is 111 cm³/mol. The Balaban J connectivity index is 1.94. The van der Waals surface area contributed by atoms with Crippen LogP contribution in [-0.4, -0.2) is 41.5 Å². The maximum absolute atomic E-state index is 12.3. The summed E-state index contributed by atoms with van der Waals surface area (Å²) in [6, 6.07) is 2.05. The highest BCUT2D eigenvalue weighted by atomic mass is 16.6. The molecule has 6 heteroatoms. The number of benzene rings is 1. The Morgan fingerprint density at radius 3 is 2.33 bits per heavy atom. The van der Waals surface area contributed by atoms with Crippen LogP contribution in [0.2, 0.25) is 0 Å². The SMILES string of the molecule is CC(=O)O[C@H]1C[C@@H](OC(C)=O)C(C)(C)[C@]2(O)CCc3c(cc4c(c3C)CCO4)[C@@]12C. The highest BCUT2D eigenvalue weighted by Crippen LogP contribution is 2.62. The standard InChI is InChI=1S/C24H32O6/c1-13-16-7-9-24(27)22(4,5)20(29-14(2)25)12-21(30-15(3)26)23(24,6)18(16)11-19-17(13)8-10-28-19/h11,20-21,27H,7-10,12H2,1-6H3/t20-,21+,23+,24-/m1/s1. The van der Waals surface area contributed by atoms with E-state index in [0.717, 1.165) is 17.7 Å². The van der Waals surface area contributed by atoms with Gasteiger partial charge in [0, 0.05) is 37.7 Å². The van der Waals surface area contributed by atoms with E-state index in [1.165, 1.54) is 30.5 Å². The number of esters is 2. The molecule has 1 aromatic carbocycles. The monoisotopic (exact) mass is 416 g/mol. The van der Waals surface area contributed by atoms with Crippen molar-refractivity contribution in [3.8, 4) is 5.75 Å². The lowest BCUT2D eigenvalue weighted by atomic mass is 9.45. The van der Waals surface area contributed by atoms with Crippen molar-refractivity contribution in [3.05, 3.63) is 28.3 Å². The van der Waals surface area contributed by atoms with Gasteiger partial charge in [0.05, 0.1) is 17.6 Å². The van der Waals surface area contributed by atoms with E-state index in [0.29, 0.717) is 25.9 Å². The number of ether oxygens (including phenoxy) is 3. The van der Waals surface area contributed by atoms with Crippen molar-refractivity contribution < 1.29 is 28.9 Å². The van der Waals surface area contributed by atoms with Crippen LogP contribution in [-0.2, 0) is 37.3 Å². The van der Waals surface area contributed by atoms with Gasteiger partial charge in [-0.15, -0.1) is 0 Å². The molecule has 164 valence electrons. The molecule has 6 nitrogen and oxygen atoms in total. The fraction of sp³-hybridized carbons (Fsp3) is 0.667. The summed E-state index contributed by atoms with van der Waals surface area (Å²) in [5.41, 5.74) is 1.79. The van der Waals surface area contributed by atoms with Crippen LogP contribution in [0.3, 0.4) is 0 Å². The van der Waals surface area contributed by atoms with Crippen LogP contribution in [0, 0.1) is 12.3 Å². The number of aliphatic hydroxyl groups is 1. The van der Waals surface area contributed by atoms with Crippen LogP contribution < -0.4 is 4.74 Å². The second-order valence-electron chi connectivity index (χ2n) is 9.82. The number of fused-ring (bicyclic) bond motifs is 4. The Morgan fingerprint density at radius 1 is 1.07 bits per heavy atom. The molecule has 1 heterocycles. The van der Waals surface area contributed by atoms with E-state index >= 15 is 0 Å². The van der Waals surface area contributed by atoms with Gasteiger partial charge in [-0.25, -0.2) is 0 Å². The van der Waals surface area contributed by atoms with Crippen molar-refractivity contribution >= 4 is 11.9 Å². The second-order valence-corrected chi connectivity index (χ2v) is 9.82. The number of hydrogen-bond donors (Lipinski definition) is 1. The highest BCUT2D eigenvalue weighted by Gasteiger charge is 2.69. The molecule has 0 aromatic heterocycles. The number of carbonyl (C=O) groups is 2. The third kappa shape index (κ3) is 2.65. The topological polar surface area (TPSA) is 82.1 Å². The van der Waals surface area contributed by atoms with Gasteiger partial charge in [-0.3, -0.25) is 9.59 Å². The van der Waals surface area contributed by atoms with E-state index in [1.54, 1.807) is 0 Å². The van der Waals surface area contributed by atoms with Crippen molar-refractivity contribution in [2.24, 2.45) is 5.41 Å². The lowest BCUT2D eigenvalue weighted by Gasteiger charge is -2.64. The summed E-state index contributed by atoms with van der Waals surface area (Å²) < 4.78 is 17.4. The lowest BCUT2D eigenvalue weighted by molar-refractivity contribution is -0.247. The fourth-order valence-corrected chi connectivity index (χ4v) is 6.34. The van der Waals surface area contributed by atoms with E-state index in [2.05, 4.69) is 6.92 Å². The molecule has 0 radical (unpaired) electrons. The fourth-order valence-electron chi connectivity index (χ4n) is 6.34. The molecule has 0 bridgehead atoms. The highest BCUT2D eigenvalue weighted by molar-refractivity contribution is 5.68. The normalized spacial score (nSPS) is 33.6. The summed E-state index contributed by atoms with van der Waals surface area (Å²) in [5.74, 6) is 0.0458. The summed E-state index contributed by atoms with van der Waals surface area (Å²) in [4.78, 5) is 23.9. The van der Waals surface area contributed by atoms with Crippen molar-refractivity contribution in [1.82, 2.24) is 0 Å². The summed E-state index contributed by atoms with van der Waals surface area (Å²) in [7, 11) is 0. The smallest absolute Gasteiger partial charge is 0.302 e. The Bertz CT molecular complexity index is 919. The van der Waals surface area contributed by atoms with E-state index in [9.17, 15) is 14.7 Å². The molecule has 0 unspecified atom stereocenters. The minimum absolute atomic E-state index is 0.335. The van der Waals surface area contributed by atoms with Gasteiger partial charge in [-0.2, -0.15) is 0 Å². The molecule has 1 aromatic rings. The van der Waals surface area contributed by atoms with Gasteiger partial charge in [-0.05, 0) is 49.4 Å². The zero-order valence-electron chi connectivity index (χ0n) is 18.8. The molecule has 30 heavy (non-hydrogen) atoms. The van der Waals surface area contributed by atoms with Gasteiger partial charge in [0.25, 0.3) is 0 Å². The average Bonchev–Trinajstić information content (AvgIpc) is 3.11. The molecule has 1 aliphatic heterocycles. The molecular formula is C24H32O6. The number of carbonyl (C=O) groups excluding carboxylic acids is 2. The third-order valence-electron chi connectivity index (χ3n) is 8.13. The van der Waals surface area contributed by atoms with Crippen molar-refractivity contribution in [1.29, 1.82) is 0 Å². The molecule has 4 rings (SSSR count). The van der Waals surface area contributed by atoms with Gasteiger partial charge >= 0.3 is 11.9 Å². The molecule has 1 saturated carbocycles. The van der Waals surface area contributed by atoms with Crippen LogP contribution in [0.1, 0.15) is 69.7 Å². The molecule has 3 aliphatic rings. The Kier molecular flexibility index (Phi) is 4.73. The Morgan fingerprint density at radius 2 is 1.70 bits per heavy atom. The van der Waals surface area contributed by atoms with Crippen LogP contribution in [0.25, 0.3) is 0 Å². The lowest BCUT2D eigenvalue weighted by Crippen LogP contribution is -2.73. The van der Waals surface area contributed by atoms with Crippen LogP contribution in [0.5, 0.6) is 5.75 Å². The maximum atomic E-state index is 12.3. The minimum atomic E-state index is -1.25. The van der Waals surface area contributed by atoms with Gasteiger partial charge in [-0.1, -0.05) is 13.8 Å². The van der Waals surface area contributed by atoms with Crippen molar-refractivity contribution in [2.75, 3.05) is 6.61 Å². The average molecular weight is 417 g/mol. The first-order valence-electron chi connectivity index (χ1n) is 10.8. The number of rotatable bonds is 2. The molecule has 2 aliphatic carbocycles. The van der Waals surface area contributed by atoms with Crippen LogP contribution >= 0.6 is 0 Å². The van der Waals surface area contributed by atoms with Crippen LogP contribution in [0.4, 0.5) is 0 Å². The quantitative estimate of drug-likeness (QED) is 0.746. The first-order chi connectivity index (χ1) is 13.9. The third-order valence-corrected chi connectivity index (χ3v) is 8.13. The first-order valence-corrected chi connectivity index (χ1v) is 10.8. The van der Waals surface area contributed by atoms with Crippen molar-refractivity contribution in [3.63, 3.8) is 0 Å². The minimum Gasteiger partial charge on any atom is -0.493 e. The second kappa shape index (κ2) is 6.71. The summed E-state index contributed by atoms with van der Waals surface area (Å²) in [5, 5.41) is 12.3. The Hall–Kier alpha value is -2.08. The molecule has 1 fully saturated rings. The molecule has 4 atom stereocenters. The first kappa shape index (κ1) is 21.2. The number of hydrogen-bond acceptors (Lipinski definition) is 6. The van der Waals surface area contributed by atoms with E-state index in [-0.39, 0.29) is 0 Å². The van der Waals surface area contributed by atoms with E-state index < -0.39 is 40.6 Å². The molecule has 0 amide bonds.